The smallest absolute Gasteiger partial charge is 0.261 e. The number of amides is 1. The Labute approximate surface area is 155 Å². The van der Waals surface area contributed by atoms with Gasteiger partial charge in [0.15, 0.2) is 0 Å². The number of benzene rings is 1. The molecule has 1 aliphatic rings. The maximum atomic E-state index is 14.1. The quantitative estimate of drug-likeness (QED) is 0.717. The van der Waals surface area contributed by atoms with Gasteiger partial charge in [-0.15, -0.1) is 11.3 Å². The van der Waals surface area contributed by atoms with Crippen molar-refractivity contribution < 1.29 is 13.6 Å². The van der Waals surface area contributed by atoms with Crippen molar-refractivity contribution in [2.75, 3.05) is 19.6 Å². The van der Waals surface area contributed by atoms with Crippen molar-refractivity contribution in [2.24, 2.45) is 0 Å². The predicted molar refractivity (Wildman–Crippen MR) is 101 cm³/mol. The van der Waals surface area contributed by atoms with Crippen molar-refractivity contribution in [3.8, 4) is 0 Å². The molecule has 1 amide bonds. The van der Waals surface area contributed by atoms with Gasteiger partial charge in [-0.25, -0.2) is 4.39 Å². The second-order valence-electron chi connectivity index (χ2n) is 6.65. The van der Waals surface area contributed by atoms with Gasteiger partial charge in [-0.3, -0.25) is 9.69 Å². The zero-order chi connectivity index (χ0) is 18.1. The summed E-state index contributed by atoms with van der Waals surface area (Å²) in [6.07, 6.45) is 4.00. The van der Waals surface area contributed by atoms with Crippen LogP contribution in [-0.2, 0) is 0 Å². The van der Waals surface area contributed by atoms with Crippen LogP contribution in [-0.4, -0.2) is 30.4 Å². The van der Waals surface area contributed by atoms with Gasteiger partial charge in [0, 0.05) is 16.6 Å². The number of rotatable bonds is 5. The highest BCUT2D eigenvalue weighted by Gasteiger charge is 2.27. The fraction of sp³-hybridized carbons (Fsp3) is 0.350. The maximum Gasteiger partial charge on any atom is 0.261 e. The molecule has 0 radical (unpaired) electrons. The Kier molecular flexibility index (Phi) is 4.78. The minimum Gasteiger partial charge on any atom is -0.468 e. The molecule has 136 valence electrons. The third kappa shape index (κ3) is 3.15. The lowest BCUT2D eigenvalue weighted by atomic mass is 10.1. The SMILES string of the molecule is Cc1c(C(=O)NCC(c2ccco2)N2CCCC2)sc2cccc(F)c12. The Bertz CT molecular complexity index is 913. The first-order valence-corrected chi connectivity index (χ1v) is 9.70. The van der Waals surface area contributed by atoms with Crippen LogP contribution in [0.4, 0.5) is 4.39 Å². The number of likely N-dealkylation sites (tertiary alicyclic amines) is 1. The van der Waals surface area contributed by atoms with Crippen LogP contribution < -0.4 is 5.32 Å². The molecule has 2 aromatic heterocycles. The summed E-state index contributed by atoms with van der Waals surface area (Å²) in [5.74, 6) is 0.436. The fourth-order valence-electron chi connectivity index (χ4n) is 3.68. The molecule has 1 N–H and O–H groups in total. The van der Waals surface area contributed by atoms with Crippen LogP contribution in [0, 0.1) is 12.7 Å². The van der Waals surface area contributed by atoms with E-state index in [1.165, 1.54) is 30.2 Å². The number of fused-ring (bicyclic) bond motifs is 1. The van der Waals surface area contributed by atoms with Crippen molar-refractivity contribution in [2.45, 2.75) is 25.8 Å². The standard InChI is InChI=1S/C20H21FN2O2S/c1-13-18-14(21)6-4-8-17(18)26-19(13)20(24)22-12-15(16-7-5-11-25-16)23-9-2-3-10-23/h4-8,11,15H,2-3,9-10,12H2,1H3,(H,22,24). The lowest BCUT2D eigenvalue weighted by molar-refractivity contribution is 0.0937. The molecule has 6 heteroatoms. The van der Waals surface area contributed by atoms with E-state index in [4.69, 9.17) is 4.42 Å². The second kappa shape index (κ2) is 7.21. The van der Waals surface area contributed by atoms with E-state index in [9.17, 15) is 9.18 Å². The topological polar surface area (TPSA) is 45.5 Å². The van der Waals surface area contributed by atoms with Crippen LogP contribution in [0.5, 0.6) is 0 Å². The molecule has 26 heavy (non-hydrogen) atoms. The van der Waals surface area contributed by atoms with E-state index >= 15 is 0 Å². The lowest BCUT2D eigenvalue weighted by Crippen LogP contribution is -2.36. The average molecular weight is 372 g/mol. The van der Waals surface area contributed by atoms with Gasteiger partial charge in [0.1, 0.15) is 11.6 Å². The van der Waals surface area contributed by atoms with E-state index in [1.807, 2.05) is 18.2 Å². The second-order valence-corrected chi connectivity index (χ2v) is 7.71. The van der Waals surface area contributed by atoms with Crippen molar-refractivity contribution in [1.82, 2.24) is 10.2 Å². The number of nitrogens with one attached hydrogen (secondary N) is 1. The summed E-state index contributed by atoms with van der Waals surface area (Å²) in [6, 6.07) is 8.82. The van der Waals surface area contributed by atoms with Gasteiger partial charge in [-0.2, -0.15) is 0 Å². The molecule has 0 saturated carbocycles. The molecule has 4 rings (SSSR count). The average Bonchev–Trinajstić information content (AvgIpc) is 3.37. The maximum absolute atomic E-state index is 14.1. The number of aryl methyl sites for hydroxylation is 1. The molecule has 0 bridgehead atoms. The summed E-state index contributed by atoms with van der Waals surface area (Å²) in [5.41, 5.74) is 0.705. The van der Waals surface area contributed by atoms with E-state index in [2.05, 4.69) is 10.2 Å². The van der Waals surface area contributed by atoms with E-state index in [0.717, 1.165) is 23.5 Å². The Hall–Kier alpha value is -2.18. The van der Waals surface area contributed by atoms with Crippen LogP contribution >= 0.6 is 11.3 Å². The Morgan fingerprint density at radius 1 is 1.31 bits per heavy atom. The molecule has 1 saturated heterocycles. The number of hydrogen-bond acceptors (Lipinski definition) is 4. The van der Waals surface area contributed by atoms with Crippen molar-refractivity contribution >= 4 is 27.3 Å². The fourth-order valence-corrected chi connectivity index (χ4v) is 4.82. The minimum atomic E-state index is -0.277. The summed E-state index contributed by atoms with van der Waals surface area (Å²) >= 11 is 1.34. The molecular weight excluding hydrogens is 351 g/mol. The molecule has 1 fully saturated rings. The number of halogens is 1. The number of nitrogens with zero attached hydrogens (tertiary/aromatic N) is 1. The summed E-state index contributed by atoms with van der Waals surface area (Å²) in [5, 5.41) is 3.58. The largest absolute Gasteiger partial charge is 0.468 e. The number of carbonyl (C=O) groups excluding carboxylic acids is 1. The number of carbonyl (C=O) groups is 1. The Morgan fingerprint density at radius 3 is 2.81 bits per heavy atom. The van der Waals surface area contributed by atoms with Gasteiger partial charge in [-0.05, 0) is 62.7 Å². The first kappa shape index (κ1) is 17.2. The first-order chi connectivity index (χ1) is 12.6. The number of furan rings is 1. The van der Waals surface area contributed by atoms with Crippen molar-refractivity contribution in [3.63, 3.8) is 0 Å². The third-order valence-corrected chi connectivity index (χ3v) is 6.27. The predicted octanol–water partition coefficient (Wildman–Crippen LogP) is 4.51. The van der Waals surface area contributed by atoms with Crippen LogP contribution in [0.15, 0.2) is 41.0 Å². The van der Waals surface area contributed by atoms with E-state index in [1.54, 1.807) is 19.3 Å². The molecule has 1 atom stereocenters. The van der Waals surface area contributed by atoms with Crippen molar-refractivity contribution in [3.05, 3.63) is 58.6 Å². The zero-order valence-corrected chi connectivity index (χ0v) is 15.4. The van der Waals surface area contributed by atoms with Gasteiger partial charge in [0.25, 0.3) is 5.91 Å². The number of thiophene rings is 1. The highest BCUT2D eigenvalue weighted by Crippen LogP contribution is 2.32. The molecule has 3 heterocycles. The van der Waals surface area contributed by atoms with Crippen LogP contribution in [0.1, 0.15) is 39.9 Å². The summed E-state index contributed by atoms with van der Waals surface area (Å²) in [4.78, 5) is 15.7. The van der Waals surface area contributed by atoms with Gasteiger partial charge >= 0.3 is 0 Å². The van der Waals surface area contributed by atoms with Crippen LogP contribution in [0.3, 0.4) is 0 Å². The normalized spacial score (nSPS) is 16.2. The third-order valence-electron chi connectivity index (χ3n) is 5.02. The van der Waals surface area contributed by atoms with Gasteiger partial charge in [0.05, 0.1) is 17.2 Å². The Morgan fingerprint density at radius 2 is 2.12 bits per heavy atom. The van der Waals surface area contributed by atoms with Gasteiger partial charge < -0.3 is 9.73 Å². The summed E-state index contributed by atoms with van der Waals surface area (Å²) in [7, 11) is 0. The molecule has 1 unspecified atom stereocenters. The van der Waals surface area contributed by atoms with E-state index in [0.29, 0.717) is 22.4 Å². The molecule has 4 nitrogen and oxygen atoms in total. The van der Waals surface area contributed by atoms with Crippen molar-refractivity contribution in [1.29, 1.82) is 0 Å². The van der Waals surface area contributed by atoms with Gasteiger partial charge in [0.2, 0.25) is 0 Å². The summed E-state index contributed by atoms with van der Waals surface area (Å²) < 4.78 is 20.5. The Balaban J connectivity index is 1.54. The molecular formula is C20H21FN2O2S. The highest BCUT2D eigenvalue weighted by atomic mass is 32.1. The summed E-state index contributed by atoms with van der Waals surface area (Å²) in [6.45, 7) is 4.30. The number of hydrogen-bond donors (Lipinski definition) is 1. The molecule has 0 spiro atoms. The molecule has 3 aromatic rings. The molecule has 1 aromatic carbocycles. The molecule has 0 aliphatic carbocycles. The molecule has 1 aliphatic heterocycles. The minimum absolute atomic E-state index is 0.0304. The van der Waals surface area contributed by atoms with Gasteiger partial charge in [-0.1, -0.05) is 6.07 Å². The van der Waals surface area contributed by atoms with E-state index < -0.39 is 0 Å². The lowest BCUT2D eigenvalue weighted by Gasteiger charge is -2.25. The van der Waals surface area contributed by atoms with Crippen LogP contribution in [0.2, 0.25) is 0 Å². The monoisotopic (exact) mass is 372 g/mol. The highest BCUT2D eigenvalue weighted by molar-refractivity contribution is 7.21. The first-order valence-electron chi connectivity index (χ1n) is 8.88. The van der Waals surface area contributed by atoms with E-state index in [-0.39, 0.29) is 17.8 Å². The zero-order valence-electron chi connectivity index (χ0n) is 14.6. The van der Waals surface area contributed by atoms with Crippen LogP contribution in [0.25, 0.3) is 10.1 Å².